The first-order chi connectivity index (χ1) is 11.4. The maximum atomic E-state index is 11.8. The van der Waals surface area contributed by atoms with Gasteiger partial charge in [-0.05, 0) is 26.8 Å². The zero-order valence-electron chi connectivity index (χ0n) is 14.5. The molecule has 0 radical (unpaired) electrons. The van der Waals surface area contributed by atoms with E-state index in [0.29, 0.717) is 6.42 Å². The molecule has 6 nitrogen and oxygen atoms in total. The first kappa shape index (κ1) is 16.4. The molecule has 0 unspecified atom stereocenters. The SMILES string of the molecule is Cc1cc(-n2c(C)cc(-c3csc(CC(=O)N(C)C)n3)c2C)no1. The summed E-state index contributed by atoms with van der Waals surface area (Å²) < 4.78 is 7.24. The number of thiazole rings is 1. The summed E-state index contributed by atoms with van der Waals surface area (Å²) in [4.78, 5) is 18.1. The van der Waals surface area contributed by atoms with Gasteiger partial charge in [0, 0.05) is 42.5 Å². The third-order valence-electron chi connectivity index (χ3n) is 3.90. The fourth-order valence-corrected chi connectivity index (χ4v) is 3.42. The topological polar surface area (TPSA) is 64.2 Å². The second-order valence-corrected chi connectivity index (χ2v) is 6.95. The lowest BCUT2D eigenvalue weighted by Gasteiger charge is -2.07. The van der Waals surface area contributed by atoms with Gasteiger partial charge in [-0.3, -0.25) is 9.36 Å². The van der Waals surface area contributed by atoms with Crippen molar-refractivity contribution in [2.24, 2.45) is 0 Å². The molecule has 0 spiro atoms. The van der Waals surface area contributed by atoms with Crippen LogP contribution in [0.5, 0.6) is 0 Å². The molecule has 3 rings (SSSR count). The Labute approximate surface area is 144 Å². The molecule has 3 heterocycles. The second-order valence-electron chi connectivity index (χ2n) is 6.01. The molecular weight excluding hydrogens is 324 g/mol. The molecule has 0 saturated carbocycles. The van der Waals surface area contributed by atoms with Gasteiger partial charge in [0.1, 0.15) is 10.8 Å². The van der Waals surface area contributed by atoms with Gasteiger partial charge in [-0.1, -0.05) is 5.16 Å². The van der Waals surface area contributed by atoms with Crippen molar-refractivity contribution < 1.29 is 9.32 Å². The Kier molecular flexibility index (Phi) is 4.28. The number of aromatic nitrogens is 3. The quantitative estimate of drug-likeness (QED) is 0.729. The van der Waals surface area contributed by atoms with Gasteiger partial charge in [-0.2, -0.15) is 0 Å². The van der Waals surface area contributed by atoms with E-state index >= 15 is 0 Å². The fraction of sp³-hybridized carbons (Fsp3) is 0.353. The minimum absolute atomic E-state index is 0.0550. The molecule has 0 saturated heterocycles. The third kappa shape index (κ3) is 2.99. The van der Waals surface area contributed by atoms with Crippen LogP contribution in [-0.4, -0.2) is 39.6 Å². The van der Waals surface area contributed by atoms with Crippen LogP contribution in [0.1, 0.15) is 22.2 Å². The van der Waals surface area contributed by atoms with Gasteiger partial charge in [0.05, 0.1) is 12.1 Å². The summed E-state index contributed by atoms with van der Waals surface area (Å²) in [6.45, 7) is 5.94. The summed E-state index contributed by atoms with van der Waals surface area (Å²) in [5.74, 6) is 1.60. The minimum atomic E-state index is 0.0550. The zero-order chi connectivity index (χ0) is 17.4. The molecular formula is C17H20N4O2S. The van der Waals surface area contributed by atoms with E-state index in [0.717, 1.165) is 39.2 Å². The largest absolute Gasteiger partial charge is 0.360 e. The molecule has 0 aromatic carbocycles. The van der Waals surface area contributed by atoms with Crippen molar-refractivity contribution >= 4 is 17.2 Å². The average molecular weight is 344 g/mol. The summed E-state index contributed by atoms with van der Waals surface area (Å²) >= 11 is 1.51. The number of amides is 1. The highest BCUT2D eigenvalue weighted by Gasteiger charge is 2.17. The molecule has 0 N–H and O–H groups in total. The van der Waals surface area contributed by atoms with E-state index in [1.165, 1.54) is 11.3 Å². The lowest BCUT2D eigenvalue weighted by Crippen LogP contribution is -2.23. The smallest absolute Gasteiger partial charge is 0.228 e. The first-order valence-corrected chi connectivity index (χ1v) is 8.52. The van der Waals surface area contributed by atoms with Crippen LogP contribution >= 0.6 is 11.3 Å². The van der Waals surface area contributed by atoms with Crippen molar-refractivity contribution in [3.05, 3.63) is 39.7 Å². The molecule has 126 valence electrons. The second kappa shape index (κ2) is 6.24. The lowest BCUT2D eigenvalue weighted by atomic mass is 10.2. The molecule has 0 fully saturated rings. The highest BCUT2D eigenvalue weighted by atomic mass is 32.1. The molecule has 24 heavy (non-hydrogen) atoms. The average Bonchev–Trinajstić information content (AvgIpc) is 3.19. The maximum Gasteiger partial charge on any atom is 0.228 e. The van der Waals surface area contributed by atoms with Crippen LogP contribution in [0.3, 0.4) is 0 Å². The van der Waals surface area contributed by atoms with Gasteiger partial charge in [0.25, 0.3) is 0 Å². The number of hydrogen-bond donors (Lipinski definition) is 0. The summed E-state index contributed by atoms with van der Waals surface area (Å²) in [6, 6.07) is 4.00. The van der Waals surface area contributed by atoms with Crippen LogP contribution in [0, 0.1) is 20.8 Å². The van der Waals surface area contributed by atoms with E-state index < -0.39 is 0 Å². The number of hydrogen-bond acceptors (Lipinski definition) is 5. The molecule has 7 heteroatoms. The molecule has 0 aliphatic rings. The number of carbonyl (C=O) groups is 1. The van der Waals surface area contributed by atoms with Crippen molar-refractivity contribution in [1.29, 1.82) is 0 Å². The van der Waals surface area contributed by atoms with Gasteiger partial charge in [-0.15, -0.1) is 11.3 Å². The Morgan fingerprint density at radius 1 is 1.29 bits per heavy atom. The predicted molar refractivity (Wildman–Crippen MR) is 93.5 cm³/mol. The number of rotatable bonds is 4. The maximum absolute atomic E-state index is 11.8. The normalized spacial score (nSPS) is 11.0. The number of carbonyl (C=O) groups excluding carboxylic acids is 1. The van der Waals surface area contributed by atoms with Crippen LogP contribution in [0.15, 0.2) is 22.0 Å². The van der Waals surface area contributed by atoms with Crippen LogP contribution in [-0.2, 0) is 11.2 Å². The van der Waals surface area contributed by atoms with Crippen LogP contribution in [0.25, 0.3) is 17.1 Å². The highest BCUT2D eigenvalue weighted by molar-refractivity contribution is 7.10. The van der Waals surface area contributed by atoms with E-state index in [4.69, 9.17) is 4.52 Å². The molecule has 1 amide bonds. The number of likely N-dealkylation sites (N-methyl/N-ethyl adjacent to an activating group) is 1. The zero-order valence-corrected chi connectivity index (χ0v) is 15.3. The molecule has 3 aromatic heterocycles. The van der Waals surface area contributed by atoms with Crippen molar-refractivity contribution in [3.63, 3.8) is 0 Å². The van der Waals surface area contributed by atoms with Crippen LogP contribution in [0.2, 0.25) is 0 Å². The summed E-state index contributed by atoms with van der Waals surface area (Å²) in [5, 5.41) is 6.92. The van der Waals surface area contributed by atoms with Gasteiger partial charge < -0.3 is 9.42 Å². The monoisotopic (exact) mass is 344 g/mol. The Morgan fingerprint density at radius 3 is 2.67 bits per heavy atom. The fourth-order valence-electron chi connectivity index (χ4n) is 2.64. The van der Waals surface area contributed by atoms with Crippen molar-refractivity contribution in [2.75, 3.05) is 14.1 Å². The summed E-state index contributed by atoms with van der Waals surface area (Å²) in [7, 11) is 3.51. The van der Waals surface area contributed by atoms with E-state index in [1.807, 2.05) is 32.2 Å². The molecule has 0 bridgehead atoms. The van der Waals surface area contributed by atoms with Gasteiger partial charge >= 0.3 is 0 Å². The predicted octanol–water partition coefficient (Wildman–Crippen LogP) is 3.14. The van der Waals surface area contributed by atoms with E-state index in [9.17, 15) is 4.79 Å². The van der Waals surface area contributed by atoms with Crippen LogP contribution < -0.4 is 0 Å². The standard InChI is InChI=1S/C17H20N4O2S/c1-10-6-13(12(3)21(10)15-7-11(2)23-19-15)14-9-24-16(18-14)8-17(22)20(4)5/h6-7,9H,8H2,1-5H3. The van der Waals surface area contributed by atoms with Gasteiger partial charge in [-0.25, -0.2) is 4.98 Å². The first-order valence-electron chi connectivity index (χ1n) is 7.64. The van der Waals surface area contributed by atoms with E-state index in [1.54, 1.807) is 19.0 Å². The van der Waals surface area contributed by atoms with Gasteiger partial charge in [0.15, 0.2) is 5.82 Å². The number of aryl methyl sites for hydroxylation is 2. The summed E-state index contributed by atoms with van der Waals surface area (Å²) in [5.41, 5.74) is 4.06. The Bertz CT molecular complexity index is 888. The Hall–Kier alpha value is -2.41. The Balaban J connectivity index is 1.94. The third-order valence-corrected chi connectivity index (χ3v) is 4.75. The molecule has 3 aromatic rings. The van der Waals surface area contributed by atoms with E-state index in [-0.39, 0.29) is 5.91 Å². The van der Waals surface area contributed by atoms with Crippen molar-refractivity contribution in [2.45, 2.75) is 27.2 Å². The van der Waals surface area contributed by atoms with Gasteiger partial charge in [0.2, 0.25) is 5.91 Å². The number of nitrogens with zero attached hydrogens (tertiary/aromatic N) is 4. The lowest BCUT2D eigenvalue weighted by molar-refractivity contribution is -0.127. The molecule has 0 atom stereocenters. The van der Waals surface area contributed by atoms with E-state index in [2.05, 4.69) is 20.8 Å². The van der Waals surface area contributed by atoms with Crippen molar-refractivity contribution in [3.8, 4) is 17.1 Å². The minimum Gasteiger partial charge on any atom is -0.360 e. The Morgan fingerprint density at radius 2 is 2.04 bits per heavy atom. The van der Waals surface area contributed by atoms with Crippen molar-refractivity contribution in [1.82, 2.24) is 19.6 Å². The molecule has 0 aliphatic heterocycles. The molecule has 0 aliphatic carbocycles. The van der Waals surface area contributed by atoms with Crippen LogP contribution in [0.4, 0.5) is 0 Å². The highest BCUT2D eigenvalue weighted by Crippen LogP contribution is 2.30. The summed E-state index contributed by atoms with van der Waals surface area (Å²) in [6.07, 6.45) is 0.332.